The highest BCUT2D eigenvalue weighted by Crippen LogP contribution is 2.35. The highest BCUT2D eigenvalue weighted by Gasteiger charge is 2.32. The molecule has 5 nitrogen and oxygen atoms in total. The third kappa shape index (κ3) is 4.79. The summed E-state index contributed by atoms with van der Waals surface area (Å²) in [5.41, 5.74) is 3.56. The first-order chi connectivity index (χ1) is 15.5. The van der Waals surface area contributed by atoms with E-state index in [2.05, 4.69) is 13.8 Å². The fraction of sp³-hybridized carbons (Fsp3) is 0.240. The number of nitrogens with zero attached hydrogens (tertiary/aromatic N) is 3. The molecule has 7 heteroatoms. The molecular formula is C25H25N3O2S2. The van der Waals surface area contributed by atoms with Gasteiger partial charge in [0.1, 0.15) is 10.1 Å². The van der Waals surface area contributed by atoms with Crippen LogP contribution in [0.1, 0.15) is 26.3 Å². The fourth-order valence-electron chi connectivity index (χ4n) is 3.47. The number of carbonyl (C=O) groups excluding carboxylic acids is 1. The van der Waals surface area contributed by atoms with Gasteiger partial charge in [0.2, 0.25) is 0 Å². The third-order valence-corrected chi connectivity index (χ3v) is 6.29. The van der Waals surface area contributed by atoms with Gasteiger partial charge in [0.25, 0.3) is 5.91 Å². The molecule has 0 atom stereocenters. The molecule has 4 rings (SSSR count). The molecule has 1 aliphatic heterocycles. The van der Waals surface area contributed by atoms with Crippen LogP contribution >= 0.6 is 24.0 Å². The van der Waals surface area contributed by atoms with Crippen molar-refractivity contribution < 1.29 is 9.53 Å². The number of carbonyl (C=O) groups is 1. The van der Waals surface area contributed by atoms with E-state index in [1.165, 1.54) is 11.8 Å². The molecule has 1 amide bonds. The molecule has 0 aliphatic carbocycles. The number of thioether (sulfide) groups is 1. The first-order valence-electron chi connectivity index (χ1n) is 10.6. The Labute approximate surface area is 198 Å². The molecule has 1 saturated heterocycles. The van der Waals surface area contributed by atoms with Crippen molar-refractivity contribution in [3.05, 3.63) is 71.3 Å². The third-order valence-electron chi connectivity index (χ3n) is 4.91. The van der Waals surface area contributed by atoms with Gasteiger partial charge < -0.3 is 4.74 Å². The molecule has 0 saturated carbocycles. The Morgan fingerprint density at radius 2 is 1.84 bits per heavy atom. The zero-order valence-corrected chi connectivity index (χ0v) is 20.0. The molecule has 2 aromatic carbocycles. The van der Waals surface area contributed by atoms with Crippen molar-refractivity contribution in [3.8, 4) is 22.7 Å². The van der Waals surface area contributed by atoms with Crippen LogP contribution in [0.4, 0.5) is 0 Å². The molecule has 32 heavy (non-hydrogen) atoms. The van der Waals surface area contributed by atoms with Gasteiger partial charge in [-0.3, -0.25) is 9.69 Å². The van der Waals surface area contributed by atoms with E-state index in [1.54, 1.807) is 4.90 Å². The van der Waals surface area contributed by atoms with E-state index in [9.17, 15) is 4.79 Å². The number of hydrogen-bond donors (Lipinski definition) is 0. The van der Waals surface area contributed by atoms with Crippen LogP contribution in [0.3, 0.4) is 0 Å². The van der Waals surface area contributed by atoms with E-state index in [1.807, 2.05) is 78.5 Å². The van der Waals surface area contributed by atoms with E-state index in [0.29, 0.717) is 28.3 Å². The SMILES string of the molecule is CCOc1ccc(-c2nn(-c3ccccc3)cc2C=C2SC(=S)N(CC(C)C)C2=O)cc1. The maximum atomic E-state index is 13.0. The summed E-state index contributed by atoms with van der Waals surface area (Å²) in [6, 6.07) is 17.8. The number of rotatable bonds is 7. The Morgan fingerprint density at radius 3 is 2.50 bits per heavy atom. The van der Waals surface area contributed by atoms with E-state index < -0.39 is 0 Å². The van der Waals surface area contributed by atoms with Crippen molar-refractivity contribution in [2.75, 3.05) is 13.2 Å². The highest BCUT2D eigenvalue weighted by molar-refractivity contribution is 8.26. The van der Waals surface area contributed by atoms with Gasteiger partial charge in [0.15, 0.2) is 0 Å². The van der Waals surface area contributed by atoms with Crippen LogP contribution in [-0.2, 0) is 4.79 Å². The van der Waals surface area contributed by atoms with Gasteiger partial charge in [0.05, 0.1) is 22.9 Å². The van der Waals surface area contributed by atoms with Gasteiger partial charge in [0, 0.05) is 23.9 Å². The summed E-state index contributed by atoms with van der Waals surface area (Å²) < 4.78 is 8.02. The van der Waals surface area contributed by atoms with Crippen molar-refractivity contribution in [2.24, 2.45) is 5.92 Å². The number of aromatic nitrogens is 2. The lowest BCUT2D eigenvalue weighted by Gasteiger charge is -2.16. The lowest BCUT2D eigenvalue weighted by atomic mass is 10.1. The Bertz CT molecular complexity index is 1150. The van der Waals surface area contributed by atoms with Crippen LogP contribution in [0.15, 0.2) is 65.7 Å². The first-order valence-corrected chi connectivity index (χ1v) is 11.8. The van der Waals surface area contributed by atoms with E-state index in [-0.39, 0.29) is 5.91 Å². The Kier molecular flexibility index (Phi) is 6.77. The summed E-state index contributed by atoms with van der Waals surface area (Å²) in [7, 11) is 0. The monoisotopic (exact) mass is 463 g/mol. The summed E-state index contributed by atoms with van der Waals surface area (Å²) >= 11 is 6.82. The summed E-state index contributed by atoms with van der Waals surface area (Å²) in [6.07, 6.45) is 3.86. The van der Waals surface area contributed by atoms with Crippen molar-refractivity contribution in [3.63, 3.8) is 0 Å². The molecule has 3 aromatic rings. The van der Waals surface area contributed by atoms with Gasteiger partial charge in [-0.1, -0.05) is 56.0 Å². The zero-order chi connectivity index (χ0) is 22.7. The predicted octanol–water partition coefficient (Wildman–Crippen LogP) is 5.80. The Hall–Kier alpha value is -2.90. The van der Waals surface area contributed by atoms with Crippen molar-refractivity contribution >= 4 is 40.3 Å². The summed E-state index contributed by atoms with van der Waals surface area (Å²) in [6.45, 7) is 7.36. The molecule has 0 bridgehead atoms. The normalized spacial score (nSPS) is 15.2. The quantitative estimate of drug-likeness (QED) is 0.328. The molecule has 164 valence electrons. The fourth-order valence-corrected chi connectivity index (χ4v) is 4.74. The zero-order valence-electron chi connectivity index (χ0n) is 18.3. The second-order valence-electron chi connectivity index (χ2n) is 7.86. The number of hydrogen-bond acceptors (Lipinski definition) is 5. The minimum Gasteiger partial charge on any atom is -0.494 e. The standard InChI is InChI=1S/C25H25N3O2S2/c1-4-30-21-12-10-18(11-13-21)23-19(16-28(26-23)20-8-6-5-7-9-20)14-22-24(29)27(15-17(2)3)25(31)32-22/h5-14,16-17H,4,15H2,1-3H3. The van der Waals surface area contributed by atoms with Crippen LogP contribution in [0.5, 0.6) is 5.75 Å². The molecule has 1 aliphatic rings. The average Bonchev–Trinajstić information content (AvgIpc) is 3.32. The number of amides is 1. The topological polar surface area (TPSA) is 47.4 Å². The number of para-hydroxylation sites is 1. The number of benzene rings is 2. The summed E-state index contributed by atoms with van der Waals surface area (Å²) in [5.74, 6) is 1.12. The van der Waals surface area contributed by atoms with Gasteiger partial charge in [-0.2, -0.15) is 5.10 Å². The van der Waals surface area contributed by atoms with Crippen LogP contribution in [0, 0.1) is 5.92 Å². The second-order valence-corrected chi connectivity index (χ2v) is 9.53. The highest BCUT2D eigenvalue weighted by atomic mass is 32.2. The van der Waals surface area contributed by atoms with Crippen LogP contribution in [0.2, 0.25) is 0 Å². The maximum Gasteiger partial charge on any atom is 0.266 e. The van der Waals surface area contributed by atoms with Crippen molar-refractivity contribution in [1.82, 2.24) is 14.7 Å². The summed E-state index contributed by atoms with van der Waals surface area (Å²) in [5, 5.41) is 4.84. The average molecular weight is 464 g/mol. The Morgan fingerprint density at radius 1 is 1.12 bits per heavy atom. The second kappa shape index (κ2) is 9.71. The molecule has 0 N–H and O–H groups in total. The van der Waals surface area contributed by atoms with Crippen molar-refractivity contribution in [2.45, 2.75) is 20.8 Å². The minimum absolute atomic E-state index is 0.0428. The van der Waals surface area contributed by atoms with Gasteiger partial charge in [-0.25, -0.2) is 4.68 Å². The van der Waals surface area contributed by atoms with Crippen LogP contribution in [0.25, 0.3) is 23.0 Å². The summed E-state index contributed by atoms with van der Waals surface area (Å²) in [4.78, 5) is 15.3. The Balaban J connectivity index is 1.75. The lowest BCUT2D eigenvalue weighted by Crippen LogP contribution is -2.31. The molecule has 1 fully saturated rings. The van der Waals surface area contributed by atoms with Crippen molar-refractivity contribution in [1.29, 1.82) is 0 Å². The van der Waals surface area contributed by atoms with E-state index in [0.717, 1.165) is 28.3 Å². The molecule has 0 unspecified atom stereocenters. The minimum atomic E-state index is -0.0428. The van der Waals surface area contributed by atoms with Gasteiger partial charge in [-0.05, 0) is 55.3 Å². The molecule has 0 radical (unpaired) electrons. The van der Waals surface area contributed by atoms with Crippen LogP contribution in [-0.4, -0.2) is 38.1 Å². The molecular weight excluding hydrogens is 438 g/mol. The molecule has 0 spiro atoms. The maximum absolute atomic E-state index is 13.0. The predicted molar refractivity (Wildman–Crippen MR) is 135 cm³/mol. The molecule has 1 aromatic heterocycles. The van der Waals surface area contributed by atoms with Crippen LogP contribution < -0.4 is 4.74 Å². The first kappa shape index (κ1) is 22.3. The van der Waals surface area contributed by atoms with E-state index >= 15 is 0 Å². The number of ether oxygens (including phenoxy) is 1. The smallest absolute Gasteiger partial charge is 0.266 e. The lowest BCUT2D eigenvalue weighted by molar-refractivity contribution is -0.122. The van der Waals surface area contributed by atoms with Gasteiger partial charge in [-0.15, -0.1) is 0 Å². The van der Waals surface area contributed by atoms with E-state index in [4.69, 9.17) is 22.1 Å². The van der Waals surface area contributed by atoms with Gasteiger partial charge >= 0.3 is 0 Å². The number of thiocarbonyl (C=S) groups is 1. The largest absolute Gasteiger partial charge is 0.494 e. The molecule has 2 heterocycles.